The number of benzene rings is 1. The lowest BCUT2D eigenvalue weighted by molar-refractivity contribution is 0.106. The van der Waals surface area contributed by atoms with E-state index in [2.05, 4.69) is 15.9 Å². The number of anilines is 1. The predicted octanol–water partition coefficient (Wildman–Crippen LogP) is 2.06. The van der Waals surface area contributed by atoms with Gasteiger partial charge in [0.25, 0.3) is 0 Å². The molecule has 0 aromatic heterocycles. The van der Waals surface area contributed by atoms with Gasteiger partial charge in [0, 0.05) is 11.5 Å². The molecule has 0 radical (unpaired) electrons. The zero-order valence-corrected chi connectivity index (χ0v) is 8.55. The molecule has 2 rings (SSSR count). The zero-order valence-electron chi connectivity index (χ0n) is 6.97. The summed E-state index contributed by atoms with van der Waals surface area (Å²) in [6.07, 6.45) is 0. The fraction of sp³-hybridized carbons (Fsp3) is 0.111. The molecule has 1 N–H and O–H groups in total. The maximum Gasteiger partial charge on any atom is 0.229 e. The molecule has 0 atom stereocenters. The fourth-order valence-electron chi connectivity index (χ4n) is 1.38. The maximum atomic E-state index is 11.5. The second-order valence-electron chi connectivity index (χ2n) is 2.90. The first kappa shape index (κ1) is 8.44. The summed E-state index contributed by atoms with van der Waals surface area (Å²) in [5.74, 6) is -0.174. The highest BCUT2D eigenvalue weighted by Crippen LogP contribution is 2.29. The molecule has 0 bridgehead atoms. The Kier molecular flexibility index (Phi) is 1.73. The van der Waals surface area contributed by atoms with Crippen LogP contribution in [0.25, 0.3) is 0 Å². The number of likely N-dealkylation sites (N-methyl/N-ethyl adjacent to an activating group) is 1. The van der Waals surface area contributed by atoms with Crippen molar-refractivity contribution in [2.45, 2.75) is 0 Å². The van der Waals surface area contributed by atoms with E-state index in [1.54, 1.807) is 18.0 Å². The van der Waals surface area contributed by atoms with Crippen LogP contribution in [0.5, 0.6) is 0 Å². The highest BCUT2D eigenvalue weighted by Gasteiger charge is 2.29. The molecule has 1 aromatic carbocycles. The van der Waals surface area contributed by atoms with E-state index in [1.807, 2.05) is 12.1 Å². The number of rotatable bonds is 0. The van der Waals surface area contributed by atoms with Gasteiger partial charge in [0.05, 0.1) is 11.3 Å². The Bertz CT molecular complexity index is 414. The lowest BCUT2D eigenvalue weighted by Gasteiger charge is -2.09. The van der Waals surface area contributed by atoms with Crippen molar-refractivity contribution in [1.82, 2.24) is 0 Å². The van der Waals surface area contributed by atoms with Gasteiger partial charge in [-0.15, -0.1) is 0 Å². The van der Waals surface area contributed by atoms with E-state index in [0.29, 0.717) is 5.56 Å². The number of nitrogens with one attached hydrogen (secondary N) is 1. The molecule has 0 unspecified atom stereocenters. The number of carbonyl (C=O) groups is 1. The van der Waals surface area contributed by atoms with Crippen LogP contribution >= 0.6 is 15.9 Å². The Hall–Kier alpha value is -1.16. The molecule has 4 heteroatoms. The number of hydrogen-bond acceptors (Lipinski definition) is 2. The first-order valence-electron chi connectivity index (χ1n) is 3.78. The van der Waals surface area contributed by atoms with E-state index in [1.165, 1.54) is 0 Å². The zero-order chi connectivity index (χ0) is 9.59. The van der Waals surface area contributed by atoms with Crippen molar-refractivity contribution in [3.05, 3.63) is 28.2 Å². The molecule has 66 valence electrons. The van der Waals surface area contributed by atoms with Gasteiger partial charge in [-0.25, -0.2) is 0 Å². The second kappa shape index (κ2) is 2.67. The molecule has 1 aliphatic rings. The van der Waals surface area contributed by atoms with Crippen LogP contribution in [0.4, 0.5) is 5.69 Å². The molecule has 1 aliphatic heterocycles. The molecule has 0 spiro atoms. The predicted molar refractivity (Wildman–Crippen MR) is 54.6 cm³/mol. The van der Waals surface area contributed by atoms with Crippen molar-refractivity contribution in [2.24, 2.45) is 0 Å². The van der Waals surface area contributed by atoms with Gasteiger partial charge in [0.1, 0.15) is 0 Å². The van der Waals surface area contributed by atoms with Gasteiger partial charge < -0.3 is 4.90 Å². The van der Waals surface area contributed by atoms with Gasteiger partial charge in [-0.3, -0.25) is 10.2 Å². The number of Topliss-reactive ketones (excluding diaryl/α,β-unsaturated/α-hetero) is 1. The first-order chi connectivity index (χ1) is 6.11. The van der Waals surface area contributed by atoms with Crippen molar-refractivity contribution >= 4 is 33.2 Å². The molecule has 0 saturated carbocycles. The van der Waals surface area contributed by atoms with Crippen LogP contribution in [0.15, 0.2) is 22.7 Å². The smallest absolute Gasteiger partial charge is 0.229 e. The number of amidine groups is 1. The Morgan fingerprint density at radius 2 is 2.15 bits per heavy atom. The number of fused-ring (bicyclic) bond motifs is 1. The van der Waals surface area contributed by atoms with Crippen molar-refractivity contribution < 1.29 is 4.79 Å². The normalized spacial score (nSPS) is 15.1. The Morgan fingerprint density at radius 1 is 1.46 bits per heavy atom. The second-order valence-corrected chi connectivity index (χ2v) is 3.81. The lowest BCUT2D eigenvalue weighted by atomic mass is 10.1. The number of carbonyl (C=O) groups excluding carboxylic acids is 1. The number of halogens is 1. The average molecular weight is 239 g/mol. The minimum Gasteiger partial charge on any atom is -0.326 e. The summed E-state index contributed by atoms with van der Waals surface area (Å²) in [7, 11) is 1.72. The quantitative estimate of drug-likeness (QED) is 0.753. The summed E-state index contributed by atoms with van der Waals surface area (Å²) in [5.41, 5.74) is 1.40. The number of ketones is 1. The van der Waals surface area contributed by atoms with E-state index in [0.717, 1.165) is 10.2 Å². The monoisotopic (exact) mass is 238 g/mol. The molecule has 3 nitrogen and oxygen atoms in total. The Morgan fingerprint density at radius 3 is 2.85 bits per heavy atom. The molecule has 0 fully saturated rings. The van der Waals surface area contributed by atoms with Crippen LogP contribution in [0, 0.1) is 5.41 Å². The molecule has 1 aromatic rings. The Labute approximate surface area is 84.0 Å². The van der Waals surface area contributed by atoms with Gasteiger partial charge in [0.2, 0.25) is 5.78 Å². The molecule has 0 saturated heterocycles. The SMILES string of the molecule is CN1C(=N)C(=O)c2cc(Br)ccc21. The van der Waals surface area contributed by atoms with Gasteiger partial charge >= 0.3 is 0 Å². The maximum absolute atomic E-state index is 11.5. The summed E-state index contributed by atoms with van der Waals surface area (Å²) in [5, 5.41) is 7.48. The van der Waals surface area contributed by atoms with Crippen molar-refractivity contribution in [2.75, 3.05) is 11.9 Å². The number of nitrogens with zero attached hydrogens (tertiary/aromatic N) is 1. The largest absolute Gasteiger partial charge is 0.326 e. The van der Waals surface area contributed by atoms with Crippen LogP contribution in [0.1, 0.15) is 10.4 Å². The van der Waals surface area contributed by atoms with E-state index in [4.69, 9.17) is 5.41 Å². The molecule has 0 aliphatic carbocycles. The van der Waals surface area contributed by atoms with Crippen molar-refractivity contribution in [3.8, 4) is 0 Å². The van der Waals surface area contributed by atoms with Crippen LogP contribution in [0.3, 0.4) is 0 Å². The van der Waals surface area contributed by atoms with Crippen molar-refractivity contribution in [1.29, 1.82) is 5.41 Å². The minimum absolute atomic E-state index is 0.0353. The summed E-state index contributed by atoms with van der Waals surface area (Å²) in [6, 6.07) is 5.44. The molecule has 13 heavy (non-hydrogen) atoms. The van der Waals surface area contributed by atoms with Crippen LogP contribution < -0.4 is 4.90 Å². The summed E-state index contributed by atoms with van der Waals surface area (Å²) < 4.78 is 0.864. The molecular weight excluding hydrogens is 232 g/mol. The van der Waals surface area contributed by atoms with Gasteiger partial charge in [-0.2, -0.15) is 0 Å². The van der Waals surface area contributed by atoms with Gasteiger partial charge in [-0.05, 0) is 18.2 Å². The first-order valence-corrected chi connectivity index (χ1v) is 4.57. The van der Waals surface area contributed by atoms with Crippen LogP contribution in [-0.2, 0) is 0 Å². The topological polar surface area (TPSA) is 44.2 Å². The summed E-state index contributed by atoms with van der Waals surface area (Å²) in [6.45, 7) is 0. The minimum atomic E-state index is -0.209. The van der Waals surface area contributed by atoms with E-state index >= 15 is 0 Å². The number of hydrogen-bond donors (Lipinski definition) is 1. The van der Waals surface area contributed by atoms with Crippen molar-refractivity contribution in [3.63, 3.8) is 0 Å². The van der Waals surface area contributed by atoms with Gasteiger partial charge in [-0.1, -0.05) is 15.9 Å². The van der Waals surface area contributed by atoms with Crippen LogP contribution in [0.2, 0.25) is 0 Å². The summed E-state index contributed by atoms with van der Waals surface area (Å²) >= 11 is 3.29. The van der Waals surface area contributed by atoms with E-state index in [9.17, 15) is 4.79 Å². The molecule has 0 amide bonds. The fourth-order valence-corrected chi connectivity index (χ4v) is 1.74. The van der Waals surface area contributed by atoms with E-state index < -0.39 is 0 Å². The molecular formula is C9H7BrN2O. The highest BCUT2D eigenvalue weighted by atomic mass is 79.9. The third-order valence-corrected chi connectivity index (χ3v) is 2.61. The highest BCUT2D eigenvalue weighted by molar-refractivity contribution is 9.10. The summed E-state index contributed by atoms with van der Waals surface area (Å²) in [4.78, 5) is 13.1. The van der Waals surface area contributed by atoms with Gasteiger partial charge in [0.15, 0.2) is 5.84 Å². The van der Waals surface area contributed by atoms with E-state index in [-0.39, 0.29) is 11.6 Å². The average Bonchev–Trinajstić information content (AvgIpc) is 2.32. The van der Waals surface area contributed by atoms with Crippen LogP contribution in [-0.4, -0.2) is 18.7 Å². The third-order valence-electron chi connectivity index (χ3n) is 2.12. The lowest BCUT2D eigenvalue weighted by Crippen LogP contribution is -2.23. The third kappa shape index (κ3) is 1.09. The standard InChI is InChI=1S/C9H7BrN2O/c1-12-7-3-2-5(10)4-6(7)8(13)9(12)11/h2-4,11H,1H3. The Balaban J connectivity index is 2.67. The molecule has 1 heterocycles.